The average Bonchev–Trinajstić information content (AvgIpc) is 2.81. The van der Waals surface area contributed by atoms with Crippen molar-refractivity contribution in [2.24, 2.45) is 7.05 Å². The normalized spacial score (nSPS) is 10.3. The maximum atomic E-state index is 11.6. The molecule has 7 heteroatoms. The molecule has 0 N–H and O–H groups in total. The zero-order chi connectivity index (χ0) is 13.8. The largest absolute Gasteiger partial charge is 0.485 e. The van der Waals surface area contributed by atoms with Crippen LogP contribution in [-0.4, -0.2) is 27.8 Å². The van der Waals surface area contributed by atoms with Gasteiger partial charge < -0.3 is 9.47 Å². The first-order valence-corrected chi connectivity index (χ1v) is 5.83. The number of esters is 1. The van der Waals surface area contributed by atoms with Crippen molar-refractivity contribution in [3.05, 3.63) is 40.9 Å². The number of nitrogens with zero attached hydrogens (tertiary/aromatic N) is 3. The lowest BCUT2D eigenvalue weighted by molar-refractivity contribution is 0.0595. The third-order valence-corrected chi connectivity index (χ3v) is 2.75. The van der Waals surface area contributed by atoms with Gasteiger partial charge in [-0.25, -0.2) is 9.78 Å². The number of aryl methyl sites for hydroxylation is 1. The van der Waals surface area contributed by atoms with Crippen molar-refractivity contribution >= 4 is 17.6 Å². The summed E-state index contributed by atoms with van der Waals surface area (Å²) in [4.78, 5) is 15.6. The first-order chi connectivity index (χ1) is 9.11. The lowest BCUT2D eigenvalue weighted by Gasteiger charge is -2.10. The minimum absolute atomic E-state index is 0.181. The fourth-order valence-corrected chi connectivity index (χ4v) is 1.65. The van der Waals surface area contributed by atoms with Gasteiger partial charge in [-0.15, -0.1) is 0 Å². The minimum Gasteiger partial charge on any atom is -0.485 e. The van der Waals surface area contributed by atoms with Gasteiger partial charge in [0.05, 0.1) is 7.11 Å². The smallest absolute Gasteiger partial charge is 0.341 e. The van der Waals surface area contributed by atoms with Crippen LogP contribution in [0.3, 0.4) is 0 Å². The molecule has 1 aromatic heterocycles. The number of rotatable bonds is 4. The van der Waals surface area contributed by atoms with Crippen LogP contribution >= 0.6 is 11.6 Å². The molecule has 0 radical (unpaired) electrons. The van der Waals surface area contributed by atoms with Crippen LogP contribution in [0.4, 0.5) is 0 Å². The molecule has 0 bridgehead atoms. The van der Waals surface area contributed by atoms with Gasteiger partial charge in [-0.05, 0) is 18.2 Å². The molecule has 1 aromatic carbocycles. The third kappa shape index (κ3) is 3.03. The molecular formula is C12H12ClN3O3. The van der Waals surface area contributed by atoms with Crippen LogP contribution < -0.4 is 4.74 Å². The summed E-state index contributed by atoms with van der Waals surface area (Å²) in [5, 5.41) is 4.40. The van der Waals surface area contributed by atoms with Crippen molar-refractivity contribution in [3.8, 4) is 5.75 Å². The number of benzene rings is 1. The molecule has 2 rings (SSSR count). The Balaban J connectivity index is 2.21. The number of methoxy groups -OCH3 is 1. The van der Waals surface area contributed by atoms with Crippen molar-refractivity contribution in [2.75, 3.05) is 7.11 Å². The average molecular weight is 282 g/mol. The van der Waals surface area contributed by atoms with Gasteiger partial charge in [0.2, 0.25) is 0 Å². The Morgan fingerprint density at radius 1 is 1.47 bits per heavy atom. The minimum atomic E-state index is -0.482. The predicted octanol–water partition coefficient (Wildman–Crippen LogP) is 1.83. The van der Waals surface area contributed by atoms with E-state index in [1.807, 2.05) is 0 Å². The van der Waals surface area contributed by atoms with Crippen LogP contribution in [-0.2, 0) is 18.4 Å². The highest BCUT2D eigenvalue weighted by Gasteiger charge is 2.14. The molecule has 0 fully saturated rings. The molecule has 0 saturated carbocycles. The molecule has 2 aromatic rings. The number of aromatic nitrogens is 3. The van der Waals surface area contributed by atoms with E-state index in [9.17, 15) is 4.79 Å². The van der Waals surface area contributed by atoms with Crippen molar-refractivity contribution in [1.82, 2.24) is 14.8 Å². The molecule has 0 aliphatic heterocycles. The lowest BCUT2D eigenvalue weighted by atomic mass is 10.2. The van der Waals surface area contributed by atoms with E-state index < -0.39 is 5.97 Å². The highest BCUT2D eigenvalue weighted by atomic mass is 35.5. The van der Waals surface area contributed by atoms with E-state index >= 15 is 0 Å². The first kappa shape index (κ1) is 13.4. The highest BCUT2D eigenvalue weighted by Crippen LogP contribution is 2.24. The molecule has 100 valence electrons. The SMILES string of the molecule is COC(=O)c1ccc(Cl)cc1OCc1ncnn1C. The fraction of sp³-hybridized carbons (Fsp3) is 0.250. The van der Waals surface area contributed by atoms with Gasteiger partial charge in [-0.2, -0.15) is 5.10 Å². The summed E-state index contributed by atoms with van der Waals surface area (Å²) in [5.74, 6) is 0.503. The Kier molecular flexibility index (Phi) is 4.01. The number of ether oxygens (including phenoxy) is 2. The third-order valence-electron chi connectivity index (χ3n) is 2.51. The Bertz CT molecular complexity index is 598. The van der Waals surface area contributed by atoms with E-state index in [4.69, 9.17) is 16.3 Å². The van der Waals surface area contributed by atoms with Crippen LogP contribution in [0.2, 0.25) is 5.02 Å². The van der Waals surface area contributed by atoms with Crippen molar-refractivity contribution in [3.63, 3.8) is 0 Å². The second kappa shape index (κ2) is 5.71. The van der Waals surface area contributed by atoms with Gasteiger partial charge in [0.15, 0.2) is 5.82 Å². The molecule has 0 spiro atoms. The molecule has 1 heterocycles. The summed E-state index contributed by atoms with van der Waals surface area (Å²) >= 11 is 5.89. The van der Waals surface area contributed by atoms with Crippen LogP contribution in [0, 0.1) is 0 Å². The van der Waals surface area contributed by atoms with Crippen molar-refractivity contribution < 1.29 is 14.3 Å². The second-order valence-corrected chi connectivity index (χ2v) is 4.16. The summed E-state index contributed by atoms with van der Waals surface area (Å²) in [6.45, 7) is 0.181. The van der Waals surface area contributed by atoms with E-state index in [0.717, 1.165) is 0 Å². The van der Waals surface area contributed by atoms with E-state index in [2.05, 4.69) is 14.8 Å². The van der Waals surface area contributed by atoms with Crippen LogP contribution in [0.25, 0.3) is 0 Å². The highest BCUT2D eigenvalue weighted by molar-refractivity contribution is 6.30. The van der Waals surface area contributed by atoms with Gasteiger partial charge in [-0.3, -0.25) is 4.68 Å². The molecule has 0 aliphatic carbocycles. The molecular weight excluding hydrogens is 270 g/mol. The summed E-state index contributed by atoms with van der Waals surface area (Å²) in [7, 11) is 3.06. The van der Waals surface area contributed by atoms with Crippen molar-refractivity contribution in [2.45, 2.75) is 6.61 Å². The molecule has 0 atom stereocenters. The maximum absolute atomic E-state index is 11.6. The van der Waals surface area contributed by atoms with Crippen LogP contribution in [0.15, 0.2) is 24.5 Å². The zero-order valence-corrected chi connectivity index (χ0v) is 11.2. The molecule has 0 amide bonds. The number of hydrogen-bond acceptors (Lipinski definition) is 5. The fourth-order valence-electron chi connectivity index (χ4n) is 1.49. The number of carbonyl (C=O) groups is 1. The summed E-state index contributed by atoms with van der Waals surface area (Å²) in [5.41, 5.74) is 0.314. The van der Waals surface area contributed by atoms with Gasteiger partial charge in [0, 0.05) is 12.1 Å². The Labute approximate surface area is 114 Å². The Morgan fingerprint density at radius 3 is 2.89 bits per heavy atom. The lowest BCUT2D eigenvalue weighted by Crippen LogP contribution is -2.08. The molecule has 0 unspecified atom stereocenters. The zero-order valence-electron chi connectivity index (χ0n) is 10.5. The van der Waals surface area contributed by atoms with E-state index in [0.29, 0.717) is 22.2 Å². The summed E-state index contributed by atoms with van der Waals surface area (Å²) in [6.07, 6.45) is 1.43. The quantitative estimate of drug-likeness (QED) is 0.800. The van der Waals surface area contributed by atoms with Crippen molar-refractivity contribution in [1.29, 1.82) is 0 Å². The van der Waals surface area contributed by atoms with Crippen LogP contribution in [0.1, 0.15) is 16.2 Å². The van der Waals surface area contributed by atoms with E-state index in [-0.39, 0.29) is 6.61 Å². The van der Waals surface area contributed by atoms with E-state index in [1.165, 1.54) is 13.4 Å². The molecule has 0 saturated heterocycles. The van der Waals surface area contributed by atoms with Gasteiger partial charge >= 0.3 is 5.97 Å². The Morgan fingerprint density at radius 2 is 2.26 bits per heavy atom. The first-order valence-electron chi connectivity index (χ1n) is 5.45. The predicted molar refractivity (Wildman–Crippen MR) is 68.1 cm³/mol. The molecule has 6 nitrogen and oxygen atoms in total. The second-order valence-electron chi connectivity index (χ2n) is 3.72. The van der Waals surface area contributed by atoms with Gasteiger partial charge in [0.1, 0.15) is 24.2 Å². The standard InChI is InChI=1S/C12H12ClN3O3/c1-16-11(14-7-15-16)6-19-10-5-8(13)3-4-9(10)12(17)18-2/h3-5,7H,6H2,1-2H3. The van der Waals surface area contributed by atoms with Gasteiger partial charge in [-0.1, -0.05) is 11.6 Å². The maximum Gasteiger partial charge on any atom is 0.341 e. The topological polar surface area (TPSA) is 66.2 Å². The summed E-state index contributed by atoms with van der Waals surface area (Å²) in [6, 6.07) is 4.72. The Hall–Kier alpha value is -2.08. The monoisotopic (exact) mass is 281 g/mol. The molecule has 19 heavy (non-hydrogen) atoms. The molecule has 0 aliphatic rings. The number of hydrogen-bond donors (Lipinski definition) is 0. The van der Waals surface area contributed by atoms with E-state index in [1.54, 1.807) is 29.9 Å². The number of halogens is 1. The van der Waals surface area contributed by atoms with Gasteiger partial charge in [0.25, 0.3) is 0 Å². The summed E-state index contributed by atoms with van der Waals surface area (Å²) < 4.78 is 11.8. The number of carbonyl (C=O) groups excluding carboxylic acids is 1. The van der Waals surface area contributed by atoms with Crippen LogP contribution in [0.5, 0.6) is 5.75 Å².